The number of carbonyl (C=O) groups is 1. The van der Waals surface area contributed by atoms with Crippen LogP contribution in [0.4, 0.5) is 0 Å². The lowest BCUT2D eigenvalue weighted by molar-refractivity contribution is -0.135. The average molecular weight is 183 g/mol. The van der Waals surface area contributed by atoms with E-state index in [9.17, 15) is 4.79 Å². The first-order valence-corrected chi connectivity index (χ1v) is 4.05. The highest BCUT2D eigenvalue weighted by atomic mass is 16.5. The molecule has 0 bridgehead atoms. The summed E-state index contributed by atoms with van der Waals surface area (Å²) in [6.07, 6.45) is 0.506. The molecular formula is C9H13NO3. The van der Waals surface area contributed by atoms with Gasteiger partial charge in [-0.15, -0.1) is 0 Å². The van der Waals surface area contributed by atoms with Gasteiger partial charge in [0.2, 0.25) is 0 Å². The van der Waals surface area contributed by atoms with Crippen LogP contribution in [0.25, 0.3) is 0 Å². The van der Waals surface area contributed by atoms with Crippen LogP contribution in [0.3, 0.4) is 0 Å². The minimum atomic E-state index is -0.646. The number of ether oxygens (including phenoxy) is 2. The normalized spacial score (nSPS) is 11.2. The van der Waals surface area contributed by atoms with Crippen molar-refractivity contribution in [3.05, 3.63) is 11.3 Å². The zero-order valence-corrected chi connectivity index (χ0v) is 8.09. The molecule has 4 nitrogen and oxygen atoms in total. The molecule has 0 rings (SSSR count). The van der Waals surface area contributed by atoms with Crippen molar-refractivity contribution in [3.8, 4) is 6.07 Å². The van der Waals surface area contributed by atoms with Crippen molar-refractivity contribution in [2.24, 2.45) is 0 Å². The first-order valence-electron chi connectivity index (χ1n) is 4.05. The van der Waals surface area contributed by atoms with Crippen LogP contribution in [-0.2, 0) is 14.3 Å². The predicted octanol–water partition coefficient (Wildman–Crippen LogP) is 1.38. The Morgan fingerprint density at radius 2 is 2.08 bits per heavy atom. The molecule has 0 saturated carbocycles. The van der Waals surface area contributed by atoms with Gasteiger partial charge in [0.25, 0.3) is 0 Å². The second-order valence-corrected chi connectivity index (χ2v) is 2.19. The van der Waals surface area contributed by atoms with Crippen LogP contribution < -0.4 is 0 Å². The Morgan fingerprint density at radius 1 is 1.46 bits per heavy atom. The SMILES string of the molecule is CCO/C(CC)=C(/C#N)C(=O)OC. The van der Waals surface area contributed by atoms with E-state index >= 15 is 0 Å². The van der Waals surface area contributed by atoms with E-state index < -0.39 is 5.97 Å². The quantitative estimate of drug-likeness (QED) is 0.286. The smallest absolute Gasteiger partial charge is 0.352 e. The number of rotatable bonds is 4. The standard InChI is InChI=1S/C9H13NO3/c1-4-8(13-5-2)7(6-10)9(11)12-3/h4-5H2,1-3H3/b8-7-. The van der Waals surface area contributed by atoms with E-state index in [0.717, 1.165) is 0 Å². The molecule has 4 heteroatoms. The van der Waals surface area contributed by atoms with Crippen LogP contribution in [-0.4, -0.2) is 19.7 Å². The summed E-state index contributed by atoms with van der Waals surface area (Å²) in [4.78, 5) is 11.0. The molecule has 0 atom stereocenters. The highest BCUT2D eigenvalue weighted by Gasteiger charge is 2.15. The Hall–Kier alpha value is -1.50. The topological polar surface area (TPSA) is 59.3 Å². The number of hydrogen-bond donors (Lipinski definition) is 0. The van der Waals surface area contributed by atoms with E-state index in [4.69, 9.17) is 10.00 Å². The summed E-state index contributed by atoms with van der Waals surface area (Å²) in [7, 11) is 1.24. The fraction of sp³-hybridized carbons (Fsp3) is 0.556. The molecule has 0 unspecified atom stereocenters. The molecule has 13 heavy (non-hydrogen) atoms. The highest BCUT2D eigenvalue weighted by molar-refractivity contribution is 5.93. The van der Waals surface area contributed by atoms with E-state index in [-0.39, 0.29) is 5.57 Å². The van der Waals surface area contributed by atoms with Crippen LogP contribution in [0.15, 0.2) is 11.3 Å². The summed E-state index contributed by atoms with van der Waals surface area (Å²) in [5.74, 6) is -0.260. The Bertz CT molecular complexity index is 250. The Balaban J connectivity index is 4.84. The molecule has 0 aromatic rings. The van der Waals surface area contributed by atoms with Gasteiger partial charge in [-0.25, -0.2) is 4.79 Å². The second kappa shape index (κ2) is 6.06. The van der Waals surface area contributed by atoms with Crippen LogP contribution in [0.2, 0.25) is 0 Å². The second-order valence-electron chi connectivity index (χ2n) is 2.19. The van der Waals surface area contributed by atoms with Crippen molar-refractivity contribution in [3.63, 3.8) is 0 Å². The third-order valence-corrected chi connectivity index (χ3v) is 1.42. The number of nitrogens with zero attached hydrogens (tertiary/aromatic N) is 1. The molecule has 0 spiro atoms. The summed E-state index contributed by atoms with van der Waals surface area (Å²) in [6, 6.07) is 1.77. The predicted molar refractivity (Wildman–Crippen MR) is 46.6 cm³/mol. The van der Waals surface area contributed by atoms with Crippen molar-refractivity contribution in [2.45, 2.75) is 20.3 Å². The maximum Gasteiger partial charge on any atom is 0.352 e. The first kappa shape index (κ1) is 11.5. The lowest BCUT2D eigenvalue weighted by atomic mass is 10.2. The van der Waals surface area contributed by atoms with Crippen molar-refractivity contribution < 1.29 is 14.3 Å². The molecule has 0 aromatic heterocycles. The van der Waals surface area contributed by atoms with Crippen LogP contribution in [0.5, 0.6) is 0 Å². The fourth-order valence-electron chi connectivity index (χ4n) is 0.849. The van der Waals surface area contributed by atoms with Gasteiger partial charge in [-0.3, -0.25) is 0 Å². The molecule has 0 fully saturated rings. The van der Waals surface area contributed by atoms with Crippen LogP contribution in [0.1, 0.15) is 20.3 Å². The zero-order valence-electron chi connectivity index (χ0n) is 8.09. The van der Waals surface area contributed by atoms with Gasteiger partial charge in [0.05, 0.1) is 13.7 Å². The summed E-state index contributed by atoms with van der Waals surface area (Å²) in [5, 5.41) is 8.67. The lowest BCUT2D eigenvalue weighted by Gasteiger charge is -2.07. The number of nitriles is 1. The van der Waals surface area contributed by atoms with E-state index in [1.54, 1.807) is 13.0 Å². The fourth-order valence-corrected chi connectivity index (χ4v) is 0.849. The third kappa shape index (κ3) is 3.16. The number of methoxy groups -OCH3 is 1. The maximum absolute atomic E-state index is 11.0. The highest BCUT2D eigenvalue weighted by Crippen LogP contribution is 2.11. The molecule has 0 aliphatic rings. The van der Waals surface area contributed by atoms with Crippen molar-refractivity contribution >= 4 is 5.97 Å². The third-order valence-electron chi connectivity index (χ3n) is 1.42. The van der Waals surface area contributed by atoms with Gasteiger partial charge >= 0.3 is 5.97 Å². The molecule has 0 saturated heterocycles. The van der Waals surface area contributed by atoms with Crippen LogP contribution >= 0.6 is 0 Å². The van der Waals surface area contributed by atoms with Crippen molar-refractivity contribution in [2.75, 3.05) is 13.7 Å². The van der Waals surface area contributed by atoms with E-state index in [1.165, 1.54) is 7.11 Å². The van der Waals surface area contributed by atoms with Crippen molar-refractivity contribution in [1.29, 1.82) is 5.26 Å². The number of carbonyl (C=O) groups excluding carboxylic acids is 1. The maximum atomic E-state index is 11.0. The zero-order chi connectivity index (χ0) is 10.3. The summed E-state index contributed by atoms with van der Waals surface area (Å²) in [5.41, 5.74) is -0.0492. The largest absolute Gasteiger partial charge is 0.497 e. The molecule has 0 heterocycles. The molecule has 0 aromatic carbocycles. The number of esters is 1. The van der Waals surface area contributed by atoms with Gasteiger partial charge in [0.1, 0.15) is 11.8 Å². The van der Waals surface area contributed by atoms with Gasteiger partial charge in [-0.05, 0) is 6.92 Å². The summed E-state index contributed by atoms with van der Waals surface area (Å²) < 4.78 is 9.56. The molecule has 72 valence electrons. The molecule has 0 N–H and O–H groups in total. The van der Waals surface area contributed by atoms with Crippen LogP contribution in [0, 0.1) is 11.3 Å². The minimum absolute atomic E-state index is 0.0492. The number of hydrogen-bond acceptors (Lipinski definition) is 4. The van der Waals surface area contributed by atoms with Gasteiger partial charge in [-0.1, -0.05) is 6.92 Å². The Morgan fingerprint density at radius 3 is 2.38 bits per heavy atom. The van der Waals surface area contributed by atoms with Crippen molar-refractivity contribution in [1.82, 2.24) is 0 Å². The molecule has 0 aliphatic carbocycles. The molecule has 0 amide bonds. The van der Waals surface area contributed by atoms with Gasteiger partial charge in [0, 0.05) is 6.42 Å². The molecular weight excluding hydrogens is 170 g/mol. The summed E-state index contributed by atoms with van der Waals surface area (Å²) >= 11 is 0. The lowest BCUT2D eigenvalue weighted by Crippen LogP contribution is -2.08. The van der Waals surface area contributed by atoms with Gasteiger partial charge in [0.15, 0.2) is 5.57 Å². The molecule has 0 aliphatic heterocycles. The minimum Gasteiger partial charge on any atom is -0.497 e. The number of allylic oxidation sites excluding steroid dienone is 1. The van der Waals surface area contributed by atoms with E-state index in [2.05, 4.69) is 4.74 Å². The van der Waals surface area contributed by atoms with E-state index in [1.807, 2.05) is 6.92 Å². The van der Waals surface area contributed by atoms with E-state index in [0.29, 0.717) is 18.8 Å². The summed E-state index contributed by atoms with van der Waals surface area (Å²) in [6.45, 7) is 4.04. The monoisotopic (exact) mass is 183 g/mol. The first-order chi connectivity index (χ1) is 6.21. The Labute approximate surface area is 77.8 Å². The molecule has 0 radical (unpaired) electrons. The Kier molecular flexibility index (Phi) is 5.37. The van der Waals surface area contributed by atoms with Gasteiger partial charge < -0.3 is 9.47 Å². The average Bonchev–Trinajstić information content (AvgIpc) is 2.17. The van der Waals surface area contributed by atoms with Gasteiger partial charge in [-0.2, -0.15) is 5.26 Å².